The molecule has 2 aromatic rings. The first kappa shape index (κ1) is 15.9. The maximum absolute atomic E-state index is 12.4. The predicted molar refractivity (Wildman–Crippen MR) is 92.8 cm³/mol. The molecule has 0 saturated heterocycles. The van der Waals surface area contributed by atoms with E-state index in [9.17, 15) is 4.79 Å². The van der Waals surface area contributed by atoms with Crippen LogP contribution < -0.4 is 0 Å². The lowest BCUT2D eigenvalue weighted by atomic mass is 10.1. The van der Waals surface area contributed by atoms with Crippen LogP contribution in [0.3, 0.4) is 0 Å². The van der Waals surface area contributed by atoms with Crippen LogP contribution in [0.2, 0.25) is 0 Å². The number of carbonyl (C=O) groups is 1. The molecule has 2 heterocycles. The second-order valence-electron chi connectivity index (χ2n) is 7.71. The molecule has 1 aliphatic rings. The Morgan fingerprint density at radius 3 is 2.48 bits per heavy atom. The van der Waals surface area contributed by atoms with Gasteiger partial charge >= 0.3 is 6.09 Å². The van der Waals surface area contributed by atoms with Crippen molar-refractivity contribution in [3.63, 3.8) is 0 Å². The van der Waals surface area contributed by atoms with E-state index in [4.69, 9.17) is 4.74 Å². The number of amides is 1. The van der Waals surface area contributed by atoms with E-state index >= 15 is 0 Å². The smallest absolute Gasteiger partial charge is 0.410 e. The van der Waals surface area contributed by atoms with Gasteiger partial charge in [0.1, 0.15) is 5.60 Å². The molecule has 3 rings (SSSR count). The third-order valence-electron chi connectivity index (χ3n) is 4.46. The van der Waals surface area contributed by atoms with Gasteiger partial charge in [-0.1, -0.05) is 0 Å². The van der Waals surface area contributed by atoms with Gasteiger partial charge in [-0.25, -0.2) is 4.79 Å². The Morgan fingerprint density at radius 1 is 1.17 bits per heavy atom. The summed E-state index contributed by atoms with van der Waals surface area (Å²) in [7, 11) is 0. The lowest BCUT2D eigenvalue weighted by Crippen LogP contribution is -2.42. The fraction of sp³-hybridized carbons (Fsp3) is 0.526. The average Bonchev–Trinajstić information content (AvgIpc) is 2.75. The van der Waals surface area contributed by atoms with E-state index < -0.39 is 5.60 Å². The molecule has 0 aliphatic carbocycles. The summed E-state index contributed by atoms with van der Waals surface area (Å²) in [6, 6.07) is 6.94. The molecule has 0 N–H and O–H groups in total. The minimum atomic E-state index is -0.460. The normalized spacial score (nSPS) is 18.2. The van der Waals surface area contributed by atoms with Crippen LogP contribution in [0, 0.1) is 13.8 Å². The first-order valence-corrected chi connectivity index (χ1v) is 8.25. The highest BCUT2D eigenvalue weighted by Gasteiger charge is 2.30. The number of carbonyl (C=O) groups excluding carboxylic acids is 1. The lowest BCUT2D eigenvalue weighted by molar-refractivity contribution is 0.0176. The molecule has 1 amide bonds. The summed E-state index contributed by atoms with van der Waals surface area (Å²) in [6.07, 6.45) is -0.229. The number of ether oxygens (including phenoxy) is 1. The van der Waals surface area contributed by atoms with Crippen molar-refractivity contribution in [1.29, 1.82) is 0 Å². The SMILES string of the molecule is Cc1cc2cc3n(c2cc1C)C(C)CN(C(=O)OC(C)(C)C)C3. The quantitative estimate of drug-likeness (QED) is 0.714. The van der Waals surface area contributed by atoms with Crippen molar-refractivity contribution in [1.82, 2.24) is 9.47 Å². The van der Waals surface area contributed by atoms with Crippen molar-refractivity contribution in [3.8, 4) is 0 Å². The fourth-order valence-electron chi connectivity index (χ4n) is 3.32. The first-order valence-electron chi connectivity index (χ1n) is 8.25. The fourth-order valence-corrected chi connectivity index (χ4v) is 3.32. The summed E-state index contributed by atoms with van der Waals surface area (Å²) in [6.45, 7) is 13.4. The second-order valence-corrected chi connectivity index (χ2v) is 7.71. The van der Waals surface area contributed by atoms with Crippen LogP contribution in [-0.4, -0.2) is 27.7 Å². The van der Waals surface area contributed by atoms with Gasteiger partial charge in [0.15, 0.2) is 0 Å². The molecular weight excluding hydrogens is 288 g/mol. The minimum Gasteiger partial charge on any atom is -0.444 e. The zero-order chi connectivity index (χ0) is 16.9. The van der Waals surface area contributed by atoms with Crippen LogP contribution in [0.4, 0.5) is 4.79 Å². The highest BCUT2D eigenvalue weighted by atomic mass is 16.6. The number of fused-ring (bicyclic) bond motifs is 3. The van der Waals surface area contributed by atoms with Gasteiger partial charge in [0, 0.05) is 29.2 Å². The number of hydrogen-bond acceptors (Lipinski definition) is 2. The van der Waals surface area contributed by atoms with E-state index in [0.29, 0.717) is 13.1 Å². The molecule has 1 aliphatic heterocycles. The van der Waals surface area contributed by atoms with Crippen LogP contribution in [0.15, 0.2) is 18.2 Å². The van der Waals surface area contributed by atoms with Gasteiger partial charge in [-0.2, -0.15) is 0 Å². The molecule has 1 aromatic heterocycles. The molecule has 0 saturated carbocycles. The summed E-state index contributed by atoms with van der Waals surface area (Å²) < 4.78 is 7.89. The Kier molecular flexibility index (Phi) is 3.66. The largest absolute Gasteiger partial charge is 0.444 e. The van der Waals surface area contributed by atoms with Crippen molar-refractivity contribution >= 4 is 17.0 Å². The molecule has 23 heavy (non-hydrogen) atoms. The molecule has 4 nitrogen and oxygen atoms in total. The van der Waals surface area contributed by atoms with Crippen molar-refractivity contribution in [2.75, 3.05) is 6.54 Å². The van der Waals surface area contributed by atoms with Crippen LogP contribution in [0.25, 0.3) is 10.9 Å². The van der Waals surface area contributed by atoms with Gasteiger partial charge in [0.05, 0.1) is 6.54 Å². The van der Waals surface area contributed by atoms with Crippen LogP contribution in [0.1, 0.15) is 50.6 Å². The molecule has 0 bridgehead atoms. The van der Waals surface area contributed by atoms with Crippen molar-refractivity contribution in [3.05, 3.63) is 35.0 Å². The number of hydrogen-bond donors (Lipinski definition) is 0. The zero-order valence-corrected chi connectivity index (χ0v) is 14.9. The van der Waals surface area contributed by atoms with E-state index in [-0.39, 0.29) is 12.1 Å². The lowest BCUT2D eigenvalue weighted by Gasteiger charge is -2.34. The summed E-state index contributed by atoms with van der Waals surface area (Å²) in [5, 5.41) is 1.25. The Labute approximate surface area is 138 Å². The standard InChI is InChI=1S/C19H26N2O2/c1-12-7-15-9-16-11-20(18(22)23-19(4,5)6)10-14(3)21(16)17(15)8-13(12)2/h7-9,14H,10-11H2,1-6H3. The highest BCUT2D eigenvalue weighted by Crippen LogP contribution is 2.31. The van der Waals surface area contributed by atoms with Crippen molar-refractivity contribution < 1.29 is 9.53 Å². The maximum atomic E-state index is 12.4. The Bertz CT molecular complexity index is 768. The summed E-state index contributed by atoms with van der Waals surface area (Å²) in [5.41, 5.74) is 4.59. The number of aryl methyl sites for hydroxylation is 2. The van der Waals surface area contributed by atoms with E-state index in [2.05, 4.69) is 43.5 Å². The molecule has 124 valence electrons. The van der Waals surface area contributed by atoms with Gasteiger partial charge < -0.3 is 14.2 Å². The molecule has 0 fully saturated rings. The van der Waals surface area contributed by atoms with Crippen molar-refractivity contribution in [2.24, 2.45) is 0 Å². The topological polar surface area (TPSA) is 34.5 Å². The van der Waals surface area contributed by atoms with E-state index in [1.807, 2.05) is 25.7 Å². The zero-order valence-electron chi connectivity index (χ0n) is 14.9. The minimum absolute atomic E-state index is 0.229. The molecule has 1 aromatic carbocycles. The van der Waals surface area contributed by atoms with Gasteiger partial charge in [0.25, 0.3) is 0 Å². The predicted octanol–water partition coefficient (Wildman–Crippen LogP) is 4.57. The molecular formula is C19H26N2O2. The number of nitrogens with zero attached hydrogens (tertiary/aromatic N) is 2. The third-order valence-corrected chi connectivity index (χ3v) is 4.46. The van der Waals surface area contributed by atoms with Crippen LogP contribution in [0.5, 0.6) is 0 Å². The average molecular weight is 314 g/mol. The summed E-state index contributed by atoms with van der Waals surface area (Å²) >= 11 is 0. The molecule has 1 unspecified atom stereocenters. The van der Waals surface area contributed by atoms with Crippen LogP contribution >= 0.6 is 0 Å². The summed E-state index contributed by atoms with van der Waals surface area (Å²) in [5.74, 6) is 0. The van der Waals surface area contributed by atoms with Gasteiger partial charge in [-0.05, 0) is 70.9 Å². The Balaban J connectivity index is 1.96. The molecule has 0 radical (unpaired) electrons. The number of benzene rings is 1. The monoisotopic (exact) mass is 314 g/mol. The van der Waals surface area contributed by atoms with Gasteiger partial charge in [-0.15, -0.1) is 0 Å². The second kappa shape index (κ2) is 5.29. The molecule has 1 atom stereocenters. The van der Waals surface area contributed by atoms with E-state index in [1.54, 1.807) is 0 Å². The van der Waals surface area contributed by atoms with E-state index in [0.717, 1.165) is 0 Å². The number of rotatable bonds is 0. The Hall–Kier alpha value is -1.97. The van der Waals surface area contributed by atoms with E-state index in [1.165, 1.54) is 27.7 Å². The summed E-state index contributed by atoms with van der Waals surface area (Å²) in [4.78, 5) is 14.2. The highest BCUT2D eigenvalue weighted by molar-refractivity contribution is 5.83. The van der Waals surface area contributed by atoms with Crippen molar-refractivity contribution in [2.45, 2.75) is 59.7 Å². The maximum Gasteiger partial charge on any atom is 0.410 e. The third kappa shape index (κ3) is 2.94. The van der Waals surface area contributed by atoms with Gasteiger partial charge in [-0.3, -0.25) is 0 Å². The first-order chi connectivity index (χ1) is 10.7. The molecule has 0 spiro atoms. The Morgan fingerprint density at radius 2 is 1.83 bits per heavy atom. The van der Waals surface area contributed by atoms with Gasteiger partial charge in [0.2, 0.25) is 0 Å². The number of aromatic nitrogens is 1. The van der Waals surface area contributed by atoms with Crippen LogP contribution in [-0.2, 0) is 11.3 Å². The molecule has 4 heteroatoms.